The number of ketones is 1. The summed E-state index contributed by atoms with van der Waals surface area (Å²) in [6, 6.07) is 5.94. The predicted octanol–water partition coefficient (Wildman–Crippen LogP) is 2.55. The first-order chi connectivity index (χ1) is 7.83. The van der Waals surface area contributed by atoms with Crippen LogP contribution in [0.5, 0.6) is 11.5 Å². The van der Waals surface area contributed by atoms with E-state index in [-0.39, 0.29) is 0 Å². The van der Waals surface area contributed by atoms with Gasteiger partial charge in [-0.2, -0.15) is 0 Å². The van der Waals surface area contributed by atoms with E-state index in [2.05, 4.69) is 0 Å². The van der Waals surface area contributed by atoms with E-state index < -0.39 is 0 Å². The van der Waals surface area contributed by atoms with Crippen molar-refractivity contribution < 1.29 is 14.3 Å². The van der Waals surface area contributed by atoms with Gasteiger partial charge >= 0.3 is 0 Å². The lowest BCUT2D eigenvalue weighted by atomic mass is 9.93. The lowest BCUT2D eigenvalue weighted by Gasteiger charge is -2.12. The molecule has 0 unspecified atom stereocenters. The lowest BCUT2D eigenvalue weighted by Crippen LogP contribution is -2.02. The Morgan fingerprint density at radius 3 is 2.75 bits per heavy atom. The van der Waals surface area contributed by atoms with Crippen LogP contribution in [0.3, 0.4) is 0 Å². The molecule has 0 aromatic heterocycles. The minimum atomic E-state index is 0.302. The topological polar surface area (TPSA) is 35.5 Å². The summed E-state index contributed by atoms with van der Waals surface area (Å²) in [7, 11) is 0. The van der Waals surface area contributed by atoms with Crippen molar-refractivity contribution >= 4 is 11.4 Å². The Morgan fingerprint density at radius 2 is 1.94 bits per heavy atom. The number of carbonyl (C=O) groups is 1. The van der Waals surface area contributed by atoms with E-state index in [0.717, 1.165) is 23.5 Å². The van der Waals surface area contributed by atoms with E-state index in [0.29, 0.717) is 25.4 Å². The Kier molecular flexibility index (Phi) is 2.17. The normalized spacial score (nSPS) is 18.5. The third-order valence-corrected chi connectivity index (χ3v) is 2.99. The zero-order valence-corrected chi connectivity index (χ0v) is 8.86. The van der Waals surface area contributed by atoms with Crippen LogP contribution in [0.25, 0.3) is 5.57 Å². The number of allylic oxidation sites excluding steroid dienone is 2. The van der Waals surface area contributed by atoms with Crippen molar-refractivity contribution in [1.29, 1.82) is 0 Å². The molecule has 0 radical (unpaired) electrons. The number of hydrogen-bond donors (Lipinski definition) is 0. The highest BCUT2D eigenvalue weighted by atomic mass is 16.7. The molecule has 0 N–H and O–H groups in total. The molecule has 1 aliphatic heterocycles. The van der Waals surface area contributed by atoms with Crippen LogP contribution >= 0.6 is 0 Å². The first-order valence-corrected chi connectivity index (χ1v) is 5.44. The molecule has 0 amide bonds. The number of ether oxygens (including phenoxy) is 2. The molecule has 16 heavy (non-hydrogen) atoms. The summed E-state index contributed by atoms with van der Waals surface area (Å²) in [5.41, 5.74) is 2.37. The standard InChI is InChI=1S/C13H12O3/c14-11-4-1-9(2-5-11)10-3-6-12-13(7-10)16-8-15-12/h1,3,6-7H,2,4-5,8H2. The van der Waals surface area contributed by atoms with Gasteiger partial charge in [0.1, 0.15) is 5.78 Å². The largest absolute Gasteiger partial charge is 0.454 e. The third kappa shape index (κ3) is 1.58. The molecule has 2 aliphatic rings. The first kappa shape index (κ1) is 9.46. The second-order valence-corrected chi connectivity index (χ2v) is 4.04. The van der Waals surface area contributed by atoms with Gasteiger partial charge in [0, 0.05) is 12.8 Å². The van der Waals surface area contributed by atoms with Gasteiger partial charge in [-0.25, -0.2) is 0 Å². The van der Waals surface area contributed by atoms with Crippen molar-refractivity contribution in [3.8, 4) is 11.5 Å². The lowest BCUT2D eigenvalue weighted by molar-refractivity contribution is -0.118. The molecule has 1 aromatic rings. The number of rotatable bonds is 1. The van der Waals surface area contributed by atoms with Gasteiger partial charge in [-0.3, -0.25) is 4.79 Å². The van der Waals surface area contributed by atoms with E-state index in [4.69, 9.17) is 9.47 Å². The molecular weight excluding hydrogens is 204 g/mol. The van der Waals surface area contributed by atoms with Gasteiger partial charge in [0.2, 0.25) is 6.79 Å². The van der Waals surface area contributed by atoms with Crippen molar-refractivity contribution in [1.82, 2.24) is 0 Å². The summed E-state index contributed by atoms with van der Waals surface area (Å²) < 4.78 is 10.6. The van der Waals surface area contributed by atoms with Crippen LogP contribution in [0.1, 0.15) is 24.8 Å². The highest BCUT2D eigenvalue weighted by Crippen LogP contribution is 2.36. The average Bonchev–Trinajstić information content (AvgIpc) is 2.77. The van der Waals surface area contributed by atoms with Crippen molar-refractivity contribution in [2.75, 3.05) is 6.79 Å². The van der Waals surface area contributed by atoms with Crippen LogP contribution < -0.4 is 9.47 Å². The molecule has 3 rings (SSSR count). The molecular formula is C13H12O3. The van der Waals surface area contributed by atoms with Crippen molar-refractivity contribution in [3.05, 3.63) is 29.8 Å². The van der Waals surface area contributed by atoms with E-state index in [9.17, 15) is 4.79 Å². The third-order valence-electron chi connectivity index (χ3n) is 2.99. The molecule has 0 saturated carbocycles. The molecule has 0 saturated heterocycles. The molecule has 82 valence electrons. The van der Waals surface area contributed by atoms with Crippen LogP contribution in [0.4, 0.5) is 0 Å². The number of carbonyl (C=O) groups excluding carboxylic acids is 1. The molecule has 0 bridgehead atoms. The Labute approximate surface area is 93.7 Å². The van der Waals surface area contributed by atoms with Crippen LogP contribution in [-0.4, -0.2) is 12.6 Å². The second kappa shape index (κ2) is 3.67. The maximum Gasteiger partial charge on any atom is 0.231 e. The van der Waals surface area contributed by atoms with E-state index in [1.165, 1.54) is 5.57 Å². The monoisotopic (exact) mass is 216 g/mol. The molecule has 0 atom stereocenters. The highest BCUT2D eigenvalue weighted by molar-refractivity contribution is 5.87. The van der Waals surface area contributed by atoms with E-state index in [1.54, 1.807) is 0 Å². The van der Waals surface area contributed by atoms with Crippen molar-refractivity contribution in [2.45, 2.75) is 19.3 Å². The Hall–Kier alpha value is -1.77. The molecule has 0 fully saturated rings. The fraction of sp³-hybridized carbons (Fsp3) is 0.308. The van der Waals surface area contributed by atoms with Gasteiger partial charge in [-0.15, -0.1) is 0 Å². The smallest absolute Gasteiger partial charge is 0.231 e. The van der Waals surface area contributed by atoms with Crippen molar-refractivity contribution in [3.63, 3.8) is 0 Å². The number of Topliss-reactive ketones (excluding diaryl/α,β-unsaturated/α-hetero) is 1. The predicted molar refractivity (Wildman–Crippen MR) is 59.4 cm³/mol. The number of fused-ring (bicyclic) bond motifs is 1. The molecule has 3 nitrogen and oxygen atoms in total. The minimum Gasteiger partial charge on any atom is -0.454 e. The number of benzene rings is 1. The molecule has 3 heteroatoms. The SMILES string of the molecule is O=C1CC=C(c2ccc3c(c2)OCO3)CC1. The number of hydrogen-bond acceptors (Lipinski definition) is 3. The van der Waals surface area contributed by atoms with Crippen LogP contribution in [0.2, 0.25) is 0 Å². The molecule has 1 aromatic carbocycles. The summed E-state index contributed by atoms with van der Waals surface area (Å²) in [4.78, 5) is 11.1. The molecule has 1 aliphatic carbocycles. The van der Waals surface area contributed by atoms with Gasteiger partial charge in [-0.1, -0.05) is 12.1 Å². The minimum absolute atomic E-state index is 0.302. The van der Waals surface area contributed by atoms with Crippen LogP contribution in [0.15, 0.2) is 24.3 Å². The molecule has 1 heterocycles. The van der Waals surface area contributed by atoms with Gasteiger partial charge in [0.25, 0.3) is 0 Å². The van der Waals surface area contributed by atoms with Crippen LogP contribution in [0, 0.1) is 0 Å². The highest BCUT2D eigenvalue weighted by Gasteiger charge is 2.16. The average molecular weight is 216 g/mol. The fourth-order valence-electron chi connectivity index (χ4n) is 2.07. The van der Waals surface area contributed by atoms with E-state index in [1.807, 2.05) is 24.3 Å². The summed E-state index contributed by atoms with van der Waals surface area (Å²) in [6.07, 6.45) is 4.06. The van der Waals surface area contributed by atoms with Gasteiger partial charge in [0.05, 0.1) is 0 Å². The Bertz CT molecular complexity index is 474. The second-order valence-electron chi connectivity index (χ2n) is 4.04. The quantitative estimate of drug-likeness (QED) is 0.723. The van der Waals surface area contributed by atoms with Gasteiger partial charge < -0.3 is 9.47 Å². The summed E-state index contributed by atoms with van der Waals surface area (Å²) in [5.74, 6) is 1.93. The first-order valence-electron chi connectivity index (χ1n) is 5.44. The van der Waals surface area contributed by atoms with Gasteiger partial charge in [0.15, 0.2) is 11.5 Å². The maximum atomic E-state index is 11.1. The maximum absolute atomic E-state index is 11.1. The molecule has 0 spiro atoms. The summed E-state index contributed by atoms with van der Waals surface area (Å²) in [6.45, 7) is 0.302. The summed E-state index contributed by atoms with van der Waals surface area (Å²) >= 11 is 0. The zero-order valence-electron chi connectivity index (χ0n) is 8.86. The van der Waals surface area contributed by atoms with Gasteiger partial charge in [-0.05, 0) is 29.7 Å². The van der Waals surface area contributed by atoms with E-state index >= 15 is 0 Å². The zero-order chi connectivity index (χ0) is 11.0. The Balaban J connectivity index is 1.92. The van der Waals surface area contributed by atoms with Crippen LogP contribution in [-0.2, 0) is 4.79 Å². The fourth-order valence-corrected chi connectivity index (χ4v) is 2.07. The summed E-state index contributed by atoms with van der Waals surface area (Å²) in [5, 5.41) is 0. The Morgan fingerprint density at radius 1 is 1.06 bits per heavy atom. The van der Waals surface area contributed by atoms with Crippen molar-refractivity contribution in [2.24, 2.45) is 0 Å².